The van der Waals surface area contributed by atoms with Crippen LogP contribution in [0.25, 0.3) is 12.2 Å². The number of carbonyl (C=O) groups excluding carboxylic acids is 2. The molecule has 1 fully saturated rings. The number of rotatable bonds is 5. The third kappa shape index (κ3) is 8.75. The first-order chi connectivity index (χ1) is 17.8. The normalized spacial score (nSPS) is 15.1. The molecule has 1 saturated heterocycles. The summed E-state index contributed by atoms with van der Waals surface area (Å²) in [6.07, 6.45) is 12.5. The van der Waals surface area contributed by atoms with Crippen LogP contribution in [0.1, 0.15) is 110 Å². The van der Waals surface area contributed by atoms with Crippen molar-refractivity contribution in [2.75, 3.05) is 20.1 Å². The van der Waals surface area contributed by atoms with Crippen LogP contribution in [0.3, 0.4) is 0 Å². The van der Waals surface area contributed by atoms with Gasteiger partial charge in [-0.2, -0.15) is 0 Å². The van der Waals surface area contributed by atoms with Crippen LogP contribution in [-0.2, 0) is 0 Å². The summed E-state index contributed by atoms with van der Waals surface area (Å²) < 4.78 is 0. The van der Waals surface area contributed by atoms with Crippen LogP contribution in [0.2, 0.25) is 5.02 Å². The highest BCUT2D eigenvalue weighted by Gasteiger charge is 2.21. The third-order valence-corrected chi connectivity index (χ3v) is 6.77. The molecule has 2 aromatic rings. The van der Waals surface area contributed by atoms with Crippen LogP contribution < -0.4 is 5.32 Å². The van der Waals surface area contributed by atoms with Gasteiger partial charge >= 0.3 is 0 Å². The largest absolute Gasteiger partial charge is 0.355 e. The number of piperidine rings is 1. The van der Waals surface area contributed by atoms with E-state index in [-0.39, 0.29) is 11.8 Å². The minimum Gasteiger partial charge on any atom is -0.355 e. The van der Waals surface area contributed by atoms with E-state index in [1.807, 2.05) is 30.9 Å². The van der Waals surface area contributed by atoms with Gasteiger partial charge < -0.3 is 15.2 Å². The molecule has 37 heavy (non-hydrogen) atoms. The van der Waals surface area contributed by atoms with Gasteiger partial charge in [-0.05, 0) is 56.0 Å². The number of amides is 2. The van der Waals surface area contributed by atoms with Gasteiger partial charge in [-0.25, -0.2) is 4.98 Å². The molecule has 6 nitrogen and oxygen atoms in total. The summed E-state index contributed by atoms with van der Waals surface area (Å²) in [6.45, 7) is 9.97. The summed E-state index contributed by atoms with van der Waals surface area (Å²) in [7, 11) is 1.56. The minimum absolute atomic E-state index is 0.0480. The molecule has 2 heterocycles. The standard InChI is InChI=1S/C14H17ClN2O2.C13H17ClN2.C2H6/c1-16-13(18)10-5-6-11(12(15)9-10)14(19)17-7-3-2-4-8-17;1-3-5-9(2)13-15-11-7-4-6-10(14)8-12(11)16-13;1-2/h5-6,9H,2-4,7-8H2,1H3,(H,16,18);4,7-9H,3,5-6H2,1-2H3,(H,15,16);1-2H3. The van der Waals surface area contributed by atoms with Crippen molar-refractivity contribution < 1.29 is 9.59 Å². The maximum atomic E-state index is 12.3. The zero-order chi connectivity index (χ0) is 27.4. The molecular formula is C29H40Cl2N4O2. The highest BCUT2D eigenvalue weighted by atomic mass is 35.5. The van der Waals surface area contributed by atoms with Crippen LogP contribution >= 0.6 is 23.2 Å². The predicted molar refractivity (Wildman–Crippen MR) is 155 cm³/mol. The van der Waals surface area contributed by atoms with E-state index in [0.29, 0.717) is 22.1 Å². The van der Waals surface area contributed by atoms with Crippen LogP contribution in [0.4, 0.5) is 0 Å². The van der Waals surface area contributed by atoms with E-state index in [2.05, 4.69) is 35.2 Å². The first-order valence-corrected chi connectivity index (χ1v) is 14.0. The summed E-state index contributed by atoms with van der Waals surface area (Å²) in [4.78, 5) is 33.6. The molecule has 1 atom stereocenters. The number of imidazole rings is 1. The van der Waals surface area contributed by atoms with Gasteiger partial charge in [0.05, 0.1) is 22.0 Å². The van der Waals surface area contributed by atoms with Crippen molar-refractivity contribution in [3.63, 3.8) is 0 Å². The highest BCUT2D eigenvalue weighted by molar-refractivity contribution is 6.34. The number of carbonyl (C=O) groups is 2. The molecule has 1 aromatic carbocycles. The Hall–Kier alpha value is -2.57. The van der Waals surface area contributed by atoms with Gasteiger partial charge in [0.1, 0.15) is 5.82 Å². The SMILES string of the molecule is CC.CCCC(C)c1nc2c([nH]1)C=C(Cl)CC=C2.CNC(=O)c1ccc(C(=O)N2CCCCC2)c(Cl)c1. The second-order valence-corrected chi connectivity index (χ2v) is 9.83. The van der Waals surface area contributed by atoms with Crippen molar-refractivity contribution in [1.82, 2.24) is 20.2 Å². The Balaban J connectivity index is 0.000000247. The van der Waals surface area contributed by atoms with E-state index < -0.39 is 0 Å². The van der Waals surface area contributed by atoms with Gasteiger partial charge in [0.25, 0.3) is 11.8 Å². The Morgan fingerprint density at radius 2 is 1.86 bits per heavy atom. The molecular weight excluding hydrogens is 507 g/mol. The Kier molecular flexibility index (Phi) is 12.9. The molecule has 1 unspecified atom stereocenters. The molecule has 0 saturated carbocycles. The summed E-state index contributed by atoms with van der Waals surface area (Å²) in [5.74, 6) is 1.30. The maximum Gasteiger partial charge on any atom is 0.255 e. The molecule has 1 aliphatic heterocycles. The number of nitrogens with zero attached hydrogens (tertiary/aromatic N) is 2. The van der Waals surface area contributed by atoms with Crippen LogP contribution in [0, 0.1) is 0 Å². The van der Waals surface area contributed by atoms with Crippen LogP contribution in [-0.4, -0.2) is 46.8 Å². The second-order valence-electron chi connectivity index (χ2n) is 8.93. The van der Waals surface area contributed by atoms with Crippen molar-refractivity contribution in [1.29, 1.82) is 0 Å². The summed E-state index contributed by atoms with van der Waals surface area (Å²) >= 11 is 12.2. The zero-order valence-electron chi connectivity index (χ0n) is 22.7. The molecule has 2 N–H and O–H groups in total. The Bertz CT molecular complexity index is 1100. The average Bonchev–Trinajstić information content (AvgIpc) is 3.23. The van der Waals surface area contributed by atoms with Crippen molar-refractivity contribution >= 4 is 47.2 Å². The number of nitrogens with one attached hydrogen (secondary N) is 2. The molecule has 0 spiro atoms. The minimum atomic E-state index is -0.209. The number of aromatic nitrogens is 2. The van der Waals surface area contributed by atoms with Crippen LogP contribution in [0.15, 0.2) is 29.3 Å². The Labute approximate surface area is 231 Å². The number of halogens is 2. The van der Waals surface area contributed by atoms with Crippen molar-refractivity contribution in [2.45, 2.75) is 72.1 Å². The van der Waals surface area contributed by atoms with Gasteiger partial charge in [-0.15, -0.1) is 0 Å². The number of hydrogen-bond acceptors (Lipinski definition) is 3. The fourth-order valence-corrected chi connectivity index (χ4v) is 4.66. The second kappa shape index (κ2) is 15.6. The topological polar surface area (TPSA) is 78.1 Å². The lowest BCUT2D eigenvalue weighted by Crippen LogP contribution is -2.35. The maximum absolute atomic E-state index is 12.3. The lowest BCUT2D eigenvalue weighted by Gasteiger charge is -2.27. The van der Waals surface area contributed by atoms with Crippen molar-refractivity contribution in [2.24, 2.45) is 0 Å². The number of aromatic amines is 1. The van der Waals surface area contributed by atoms with Crippen molar-refractivity contribution in [3.05, 3.63) is 62.7 Å². The van der Waals surface area contributed by atoms with E-state index in [1.54, 1.807) is 19.2 Å². The fourth-order valence-electron chi connectivity index (χ4n) is 4.20. The molecule has 4 rings (SSSR count). The average molecular weight is 548 g/mol. The predicted octanol–water partition coefficient (Wildman–Crippen LogP) is 7.66. The van der Waals surface area contributed by atoms with E-state index in [4.69, 9.17) is 23.2 Å². The third-order valence-electron chi connectivity index (χ3n) is 6.19. The van der Waals surface area contributed by atoms with E-state index in [1.165, 1.54) is 18.9 Å². The number of benzene rings is 1. The fraction of sp³-hybridized carbons (Fsp3) is 0.483. The zero-order valence-corrected chi connectivity index (χ0v) is 24.2. The van der Waals surface area contributed by atoms with Gasteiger partial charge in [0.2, 0.25) is 0 Å². The number of likely N-dealkylation sites (tertiary alicyclic amines) is 1. The number of H-pyrrole nitrogens is 1. The molecule has 2 aliphatic rings. The number of allylic oxidation sites excluding steroid dienone is 2. The smallest absolute Gasteiger partial charge is 0.255 e. The molecule has 0 bridgehead atoms. The summed E-state index contributed by atoms with van der Waals surface area (Å²) in [5.41, 5.74) is 2.98. The molecule has 2 amide bonds. The molecule has 0 radical (unpaired) electrons. The Morgan fingerprint density at radius 3 is 2.49 bits per heavy atom. The monoisotopic (exact) mass is 546 g/mol. The van der Waals surface area contributed by atoms with Crippen molar-refractivity contribution in [3.8, 4) is 0 Å². The highest BCUT2D eigenvalue weighted by Crippen LogP contribution is 2.25. The lowest BCUT2D eigenvalue weighted by atomic mass is 10.1. The first-order valence-electron chi connectivity index (χ1n) is 13.3. The molecule has 1 aromatic heterocycles. The van der Waals surface area contributed by atoms with Gasteiger partial charge in [0, 0.05) is 43.1 Å². The van der Waals surface area contributed by atoms with E-state index in [9.17, 15) is 9.59 Å². The lowest BCUT2D eigenvalue weighted by molar-refractivity contribution is 0.0724. The van der Waals surface area contributed by atoms with Gasteiger partial charge in [0.15, 0.2) is 0 Å². The van der Waals surface area contributed by atoms with E-state index in [0.717, 1.165) is 61.0 Å². The van der Waals surface area contributed by atoms with Gasteiger partial charge in [-0.1, -0.05) is 63.4 Å². The molecule has 202 valence electrons. The first kappa shape index (κ1) is 30.7. The number of fused-ring (bicyclic) bond motifs is 1. The molecule has 8 heteroatoms. The van der Waals surface area contributed by atoms with E-state index >= 15 is 0 Å². The number of hydrogen-bond donors (Lipinski definition) is 2. The molecule has 1 aliphatic carbocycles. The quantitative estimate of drug-likeness (QED) is 0.403. The van der Waals surface area contributed by atoms with Gasteiger partial charge in [-0.3, -0.25) is 9.59 Å². The summed E-state index contributed by atoms with van der Waals surface area (Å²) in [5, 5.41) is 3.71. The Morgan fingerprint density at radius 1 is 1.16 bits per heavy atom. The van der Waals surface area contributed by atoms with Crippen LogP contribution in [0.5, 0.6) is 0 Å². The summed E-state index contributed by atoms with van der Waals surface area (Å²) in [6, 6.07) is 4.79.